The predicted octanol–water partition coefficient (Wildman–Crippen LogP) is 1.54. The fraction of sp³-hybridized carbons (Fsp3) is 0.273. The van der Waals surface area contributed by atoms with Gasteiger partial charge in [0.2, 0.25) is 5.91 Å². The Morgan fingerprint density at radius 1 is 1.41 bits per heavy atom. The van der Waals surface area contributed by atoms with E-state index in [1.54, 1.807) is 20.2 Å². The maximum atomic E-state index is 11.4. The van der Waals surface area contributed by atoms with Gasteiger partial charge in [-0.3, -0.25) is 4.79 Å². The van der Waals surface area contributed by atoms with Crippen LogP contribution in [0.2, 0.25) is 5.02 Å². The number of nitrogens with one attached hydrogen (secondary N) is 1. The van der Waals surface area contributed by atoms with E-state index in [1.165, 1.54) is 17.0 Å². The van der Waals surface area contributed by atoms with Crippen LogP contribution in [0.5, 0.6) is 0 Å². The van der Waals surface area contributed by atoms with Gasteiger partial charge in [0.1, 0.15) is 0 Å². The summed E-state index contributed by atoms with van der Waals surface area (Å²) in [7, 11) is 3.26. The molecule has 1 aromatic carbocycles. The summed E-state index contributed by atoms with van der Waals surface area (Å²) in [5.41, 5.74) is 0.418. The Balaban J connectivity index is 2.84. The molecule has 0 fully saturated rings. The van der Waals surface area contributed by atoms with Crippen molar-refractivity contribution in [2.24, 2.45) is 0 Å². The van der Waals surface area contributed by atoms with Gasteiger partial charge in [0.25, 0.3) is 0 Å². The number of hydrogen-bond acceptors (Lipinski definition) is 3. The second kappa shape index (κ2) is 5.54. The third kappa shape index (κ3) is 3.64. The predicted molar refractivity (Wildman–Crippen MR) is 65.6 cm³/mol. The summed E-state index contributed by atoms with van der Waals surface area (Å²) in [6.07, 6.45) is 0. The fourth-order valence-electron chi connectivity index (χ4n) is 1.18. The standard InChI is InChI=1S/C11H13ClN2O3/c1-14(2)10(15)6-13-9-4-3-7(12)5-8(9)11(16)17/h3-5,13H,6H2,1-2H3,(H,16,17). The highest BCUT2D eigenvalue weighted by Crippen LogP contribution is 2.20. The van der Waals surface area contributed by atoms with Gasteiger partial charge in [0.05, 0.1) is 12.1 Å². The zero-order valence-electron chi connectivity index (χ0n) is 9.53. The Kier molecular flexibility index (Phi) is 4.34. The maximum Gasteiger partial charge on any atom is 0.337 e. The smallest absolute Gasteiger partial charge is 0.337 e. The molecule has 0 unspecified atom stereocenters. The molecular weight excluding hydrogens is 244 g/mol. The number of likely N-dealkylation sites (N-methyl/N-ethyl adjacent to an activating group) is 1. The summed E-state index contributed by atoms with van der Waals surface area (Å²) >= 11 is 5.71. The highest BCUT2D eigenvalue weighted by atomic mass is 35.5. The molecule has 0 atom stereocenters. The van der Waals surface area contributed by atoms with Crippen molar-refractivity contribution in [2.75, 3.05) is 26.0 Å². The number of hydrogen-bond donors (Lipinski definition) is 2. The molecule has 17 heavy (non-hydrogen) atoms. The van der Waals surface area contributed by atoms with Crippen molar-refractivity contribution < 1.29 is 14.7 Å². The average Bonchev–Trinajstić information content (AvgIpc) is 2.26. The zero-order valence-corrected chi connectivity index (χ0v) is 10.3. The van der Waals surface area contributed by atoms with Gasteiger partial charge < -0.3 is 15.3 Å². The highest BCUT2D eigenvalue weighted by Gasteiger charge is 2.12. The molecule has 0 aliphatic carbocycles. The molecule has 5 nitrogen and oxygen atoms in total. The molecule has 92 valence electrons. The molecule has 1 amide bonds. The largest absolute Gasteiger partial charge is 0.478 e. The van der Waals surface area contributed by atoms with Crippen LogP contribution in [-0.4, -0.2) is 42.5 Å². The van der Waals surface area contributed by atoms with Gasteiger partial charge in [0.15, 0.2) is 0 Å². The van der Waals surface area contributed by atoms with Gasteiger partial charge in [-0.25, -0.2) is 4.79 Å². The zero-order chi connectivity index (χ0) is 13.0. The van der Waals surface area contributed by atoms with Crippen LogP contribution in [0, 0.1) is 0 Å². The number of amides is 1. The Labute approximate surface area is 104 Å². The second-order valence-corrected chi connectivity index (χ2v) is 4.07. The Bertz CT molecular complexity index is 446. The van der Waals surface area contributed by atoms with Gasteiger partial charge >= 0.3 is 5.97 Å². The van der Waals surface area contributed by atoms with E-state index in [0.29, 0.717) is 10.7 Å². The van der Waals surface area contributed by atoms with E-state index in [-0.39, 0.29) is 18.0 Å². The van der Waals surface area contributed by atoms with Gasteiger partial charge in [-0.1, -0.05) is 11.6 Å². The van der Waals surface area contributed by atoms with Crippen LogP contribution in [-0.2, 0) is 4.79 Å². The quantitative estimate of drug-likeness (QED) is 0.857. The first-order valence-corrected chi connectivity index (χ1v) is 5.26. The monoisotopic (exact) mass is 256 g/mol. The van der Waals surface area contributed by atoms with Crippen LogP contribution in [0.15, 0.2) is 18.2 Å². The molecule has 0 aromatic heterocycles. The Hall–Kier alpha value is -1.75. The topological polar surface area (TPSA) is 69.6 Å². The Morgan fingerprint density at radius 3 is 2.59 bits per heavy atom. The molecule has 0 aliphatic heterocycles. The molecule has 0 saturated carbocycles. The molecule has 0 radical (unpaired) electrons. The van der Waals surface area contributed by atoms with Gasteiger partial charge in [-0.15, -0.1) is 0 Å². The molecular formula is C11H13ClN2O3. The van der Waals surface area contributed by atoms with Crippen molar-refractivity contribution in [3.05, 3.63) is 28.8 Å². The number of carboxylic acid groups (broad SMARTS) is 1. The lowest BCUT2D eigenvalue weighted by Gasteiger charge is -2.13. The first-order valence-electron chi connectivity index (χ1n) is 4.88. The lowest BCUT2D eigenvalue weighted by molar-refractivity contribution is -0.126. The average molecular weight is 257 g/mol. The molecule has 2 N–H and O–H groups in total. The summed E-state index contributed by atoms with van der Waals surface area (Å²) in [5.74, 6) is -1.23. The minimum absolute atomic E-state index is 0.0366. The second-order valence-electron chi connectivity index (χ2n) is 3.64. The van der Waals surface area contributed by atoms with Gasteiger partial charge in [-0.05, 0) is 18.2 Å². The fourth-order valence-corrected chi connectivity index (χ4v) is 1.35. The van der Waals surface area contributed by atoms with E-state index in [0.717, 1.165) is 0 Å². The minimum atomic E-state index is -1.09. The number of aromatic carboxylic acids is 1. The van der Waals surface area contributed by atoms with E-state index in [4.69, 9.17) is 16.7 Å². The summed E-state index contributed by atoms with van der Waals surface area (Å²) in [6.45, 7) is 0.0366. The van der Waals surface area contributed by atoms with E-state index in [2.05, 4.69) is 5.32 Å². The molecule has 0 aliphatic rings. The number of rotatable bonds is 4. The maximum absolute atomic E-state index is 11.4. The SMILES string of the molecule is CN(C)C(=O)CNc1ccc(Cl)cc1C(=O)O. The lowest BCUT2D eigenvalue weighted by Crippen LogP contribution is -2.29. The first kappa shape index (κ1) is 13.3. The number of benzene rings is 1. The number of carboxylic acids is 1. The van der Waals surface area contributed by atoms with Gasteiger partial charge in [-0.2, -0.15) is 0 Å². The number of nitrogens with zero attached hydrogens (tertiary/aromatic N) is 1. The number of anilines is 1. The van der Waals surface area contributed by atoms with Crippen molar-refractivity contribution in [2.45, 2.75) is 0 Å². The van der Waals surface area contributed by atoms with Crippen molar-refractivity contribution in [3.8, 4) is 0 Å². The molecule has 1 rings (SSSR count). The normalized spacial score (nSPS) is 9.82. The summed E-state index contributed by atoms with van der Waals surface area (Å²) in [5, 5.41) is 12.1. The lowest BCUT2D eigenvalue weighted by atomic mass is 10.2. The van der Waals surface area contributed by atoms with Crippen molar-refractivity contribution >= 4 is 29.2 Å². The number of carbonyl (C=O) groups is 2. The third-order valence-corrected chi connectivity index (χ3v) is 2.38. The molecule has 0 heterocycles. The van der Waals surface area contributed by atoms with Crippen LogP contribution in [0.1, 0.15) is 10.4 Å². The van der Waals surface area contributed by atoms with Crippen molar-refractivity contribution in [1.29, 1.82) is 0 Å². The molecule has 6 heteroatoms. The summed E-state index contributed by atoms with van der Waals surface area (Å²) in [4.78, 5) is 23.7. The third-order valence-electron chi connectivity index (χ3n) is 2.14. The van der Waals surface area contributed by atoms with Crippen LogP contribution >= 0.6 is 11.6 Å². The molecule has 1 aromatic rings. The van der Waals surface area contributed by atoms with Gasteiger partial charge in [0, 0.05) is 24.8 Å². The van der Waals surface area contributed by atoms with Crippen LogP contribution in [0.4, 0.5) is 5.69 Å². The number of carbonyl (C=O) groups excluding carboxylic acids is 1. The molecule has 0 bridgehead atoms. The summed E-state index contributed by atoms with van der Waals surface area (Å²) in [6, 6.07) is 4.44. The van der Waals surface area contributed by atoms with E-state index in [9.17, 15) is 9.59 Å². The van der Waals surface area contributed by atoms with E-state index < -0.39 is 5.97 Å². The summed E-state index contributed by atoms with van der Waals surface area (Å²) < 4.78 is 0. The van der Waals surface area contributed by atoms with E-state index in [1.807, 2.05) is 0 Å². The van der Waals surface area contributed by atoms with Crippen molar-refractivity contribution in [3.63, 3.8) is 0 Å². The first-order chi connectivity index (χ1) is 7.91. The van der Waals surface area contributed by atoms with Crippen LogP contribution in [0.25, 0.3) is 0 Å². The molecule has 0 saturated heterocycles. The van der Waals surface area contributed by atoms with Crippen LogP contribution in [0.3, 0.4) is 0 Å². The number of halogens is 1. The van der Waals surface area contributed by atoms with E-state index >= 15 is 0 Å². The van der Waals surface area contributed by atoms with Crippen molar-refractivity contribution in [1.82, 2.24) is 4.90 Å². The van der Waals surface area contributed by atoms with Crippen LogP contribution < -0.4 is 5.32 Å². The highest BCUT2D eigenvalue weighted by molar-refractivity contribution is 6.31. The minimum Gasteiger partial charge on any atom is -0.478 e. The Morgan fingerprint density at radius 2 is 2.06 bits per heavy atom. The molecule has 0 spiro atoms.